The number of thioether (sulfide) groups is 1. The van der Waals surface area contributed by atoms with Crippen molar-refractivity contribution >= 4 is 17.7 Å². The maximum atomic E-state index is 11.6. The fourth-order valence-electron chi connectivity index (χ4n) is 1.48. The van der Waals surface area contributed by atoms with Gasteiger partial charge in [-0.15, -0.1) is 11.8 Å². The number of aliphatic hydroxyl groups excluding tert-OH is 1. The topological polar surface area (TPSA) is 62.2 Å². The zero-order valence-corrected chi connectivity index (χ0v) is 12.3. The van der Waals surface area contributed by atoms with Gasteiger partial charge in [0.15, 0.2) is 0 Å². The maximum absolute atomic E-state index is 11.6. The van der Waals surface area contributed by atoms with Crippen molar-refractivity contribution in [2.45, 2.75) is 32.1 Å². The van der Waals surface area contributed by atoms with Crippen LogP contribution in [0.3, 0.4) is 0 Å². The average molecular weight is 282 g/mol. The van der Waals surface area contributed by atoms with Gasteiger partial charge >= 0.3 is 0 Å². The second-order valence-electron chi connectivity index (χ2n) is 4.80. The van der Waals surface area contributed by atoms with Crippen molar-refractivity contribution in [3.05, 3.63) is 30.1 Å². The normalized spacial score (nSPS) is 12.4. The molecule has 2 N–H and O–H groups in total. The monoisotopic (exact) mass is 282 g/mol. The Balaban J connectivity index is 2.08. The Hall–Kier alpha value is -1.07. The standard InChI is InChI=1S/C14H22N2O2S/c1-11(2)13(17)5-8-16-14(18)10-19-9-12-3-6-15-7-4-12/h3-4,6-7,11,13,17H,5,8-10H2,1-2H3,(H,16,18). The number of hydrogen-bond acceptors (Lipinski definition) is 4. The summed E-state index contributed by atoms with van der Waals surface area (Å²) in [7, 11) is 0. The molecule has 0 spiro atoms. The first-order chi connectivity index (χ1) is 9.09. The zero-order valence-electron chi connectivity index (χ0n) is 11.5. The Morgan fingerprint density at radius 1 is 1.42 bits per heavy atom. The van der Waals surface area contributed by atoms with Crippen molar-refractivity contribution in [1.82, 2.24) is 10.3 Å². The van der Waals surface area contributed by atoms with Crippen molar-refractivity contribution in [3.63, 3.8) is 0 Å². The second kappa shape index (κ2) is 8.93. The van der Waals surface area contributed by atoms with E-state index in [1.165, 1.54) is 5.56 Å². The Kier molecular flexibility index (Phi) is 7.52. The van der Waals surface area contributed by atoms with Crippen LogP contribution >= 0.6 is 11.8 Å². The second-order valence-corrected chi connectivity index (χ2v) is 5.78. The van der Waals surface area contributed by atoms with E-state index >= 15 is 0 Å². The molecule has 1 aromatic heterocycles. The Morgan fingerprint density at radius 2 is 2.11 bits per heavy atom. The molecule has 1 atom stereocenters. The van der Waals surface area contributed by atoms with Gasteiger partial charge in [0.1, 0.15) is 0 Å². The van der Waals surface area contributed by atoms with E-state index in [4.69, 9.17) is 0 Å². The smallest absolute Gasteiger partial charge is 0.230 e. The lowest BCUT2D eigenvalue weighted by atomic mass is 10.0. The number of nitrogens with one attached hydrogen (secondary N) is 1. The minimum Gasteiger partial charge on any atom is -0.393 e. The van der Waals surface area contributed by atoms with Crippen molar-refractivity contribution in [3.8, 4) is 0 Å². The molecule has 0 bridgehead atoms. The number of aromatic nitrogens is 1. The average Bonchev–Trinajstić information content (AvgIpc) is 2.39. The van der Waals surface area contributed by atoms with Crippen LogP contribution in [-0.4, -0.2) is 34.4 Å². The fourth-order valence-corrected chi connectivity index (χ4v) is 2.30. The minimum atomic E-state index is -0.343. The van der Waals surface area contributed by atoms with Gasteiger partial charge in [0.25, 0.3) is 0 Å². The molecule has 0 radical (unpaired) electrons. The highest BCUT2D eigenvalue weighted by Gasteiger charge is 2.09. The first-order valence-electron chi connectivity index (χ1n) is 6.51. The number of pyridine rings is 1. The molecule has 1 aromatic rings. The maximum Gasteiger partial charge on any atom is 0.230 e. The molecule has 1 unspecified atom stereocenters. The van der Waals surface area contributed by atoms with Crippen LogP contribution in [0.5, 0.6) is 0 Å². The summed E-state index contributed by atoms with van der Waals surface area (Å²) >= 11 is 1.58. The molecule has 5 heteroatoms. The van der Waals surface area contributed by atoms with Crippen molar-refractivity contribution in [2.75, 3.05) is 12.3 Å². The summed E-state index contributed by atoms with van der Waals surface area (Å²) in [5, 5.41) is 12.4. The van der Waals surface area contributed by atoms with Crippen LogP contribution in [0.15, 0.2) is 24.5 Å². The third-order valence-electron chi connectivity index (χ3n) is 2.78. The molecule has 0 aliphatic rings. The SMILES string of the molecule is CC(C)C(O)CCNC(=O)CSCc1ccncc1. The number of carbonyl (C=O) groups is 1. The molecule has 106 valence electrons. The fraction of sp³-hybridized carbons (Fsp3) is 0.571. The molecule has 0 aromatic carbocycles. The van der Waals surface area contributed by atoms with Crippen LogP contribution < -0.4 is 5.32 Å². The largest absolute Gasteiger partial charge is 0.393 e. The van der Waals surface area contributed by atoms with Crippen LogP contribution in [0, 0.1) is 5.92 Å². The van der Waals surface area contributed by atoms with Gasteiger partial charge in [-0.25, -0.2) is 0 Å². The Morgan fingerprint density at radius 3 is 2.74 bits per heavy atom. The highest BCUT2D eigenvalue weighted by molar-refractivity contribution is 7.99. The molecule has 0 fully saturated rings. The highest BCUT2D eigenvalue weighted by Crippen LogP contribution is 2.10. The third-order valence-corrected chi connectivity index (χ3v) is 3.79. The summed E-state index contributed by atoms with van der Waals surface area (Å²) in [6, 6.07) is 3.90. The number of carbonyl (C=O) groups excluding carboxylic acids is 1. The van der Waals surface area contributed by atoms with E-state index in [2.05, 4.69) is 10.3 Å². The molecule has 1 rings (SSSR count). The Labute approximate surface area is 119 Å². The summed E-state index contributed by atoms with van der Waals surface area (Å²) < 4.78 is 0. The third kappa shape index (κ3) is 7.18. The van der Waals surface area contributed by atoms with E-state index in [1.54, 1.807) is 24.2 Å². The summed E-state index contributed by atoms with van der Waals surface area (Å²) in [5.74, 6) is 1.51. The molecule has 0 aliphatic carbocycles. The zero-order chi connectivity index (χ0) is 14.1. The minimum absolute atomic E-state index is 0.0232. The molecular formula is C14H22N2O2S. The summed E-state index contributed by atoms with van der Waals surface area (Å²) in [6.07, 6.45) is 3.77. The van der Waals surface area contributed by atoms with Crippen LogP contribution in [0.25, 0.3) is 0 Å². The van der Waals surface area contributed by atoms with E-state index in [9.17, 15) is 9.90 Å². The van der Waals surface area contributed by atoms with Crippen LogP contribution in [0.4, 0.5) is 0 Å². The first-order valence-corrected chi connectivity index (χ1v) is 7.66. The molecule has 19 heavy (non-hydrogen) atoms. The number of rotatable bonds is 8. The van der Waals surface area contributed by atoms with E-state index in [1.807, 2.05) is 26.0 Å². The Bertz CT molecular complexity index is 371. The van der Waals surface area contributed by atoms with E-state index in [0.717, 1.165) is 5.75 Å². The van der Waals surface area contributed by atoms with Gasteiger partial charge in [-0.1, -0.05) is 13.8 Å². The van der Waals surface area contributed by atoms with E-state index in [0.29, 0.717) is 18.7 Å². The number of nitrogens with zero attached hydrogens (tertiary/aromatic N) is 1. The lowest BCUT2D eigenvalue weighted by Gasteiger charge is -2.14. The van der Waals surface area contributed by atoms with Crippen molar-refractivity contribution in [1.29, 1.82) is 0 Å². The summed E-state index contributed by atoms with van der Waals surface area (Å²) in [6.45, 7) is 4.47. The van der Waals surface area contributed by atoms with Gasteiger partial charge in [-0.3, -0.25) is 9.78 Å². The molecule has 0 saturated heterocycles. The molecule has 0 aliphatic heterocycles. The quantitative estimate of drug-likeness (QED) is 0.764. The molecule has 4 nitrogen and oxygen atoms in total. The van der Waals surface area contributed by atoms with Gasteiger partial charge in [-0.05, 0) is 30.0 Å². The predicted molar refractivity (Wildman–Crippen MR) is 78.9 cm³/mol. The molecule has 1 heterocycles. The lowest BCUT2D eigenvalue weighted by molar-refractivity contribution is -0.118. The summed E-state index contributed by atoms with van der Waals surface area (Å²) in [5.41, 5.74) is 1.17. The van der Waals surface area contributed by atoms with Gasteiger partial charge in [0.05, 0.1) is 11.9 Å². The van der Waals surface area contributed by atoms with Crippen LogP contribution in [-0.2, 0) is 10.5 Å². The van der Waals surface area contributed by atoms with Crippen LogP contribution in [0.1, 0.15) is 25.8 Å². The lowest BCUT2D eigenvalue weighted by Crippen LogP contribution is -2.29. The number of amides is 1. The molecule has 1 amide bonds. The summed E-state index contributed by atoms with van der Waals surface area (Å²) in [4.78, 5) is 15.5. The number of aliphatic hydroxyl groups is 1. The molecule has 0 saturated carbocycles. The van der Waals surface area contributed by atoms with E-state index < -0.39 is 0 Å². The van der Waals surface area contributed by atoms with Gasteiger partial charge < -0.3 is 10.4 Å². The van der Waals surface area contributed by atoms with Crippen molar-refractivity contribution in [2.24, 2.45) is 5.92 Å². The van der Waals surface area contributed by atoms with E-state index in [-0.39, 0.29) is 17.9 Å². The predicted octanol–water partition coefficient (Wildman–Crippen LogP) is 1.84. The van der Waals surface area contributed by atoms with Gasteiger partial charge in [0.2, 0.25) is 5.91 Å². The van der Waals surface area contributed by atoms with Gasteiger partial charge in [-0.2, -0.15) is 0 Å². The highest BCUT2D eigenvalue weighted by atomic mass is 32.2. The van der Waals surface area contributed by atoms with Crippen molar-refractivity contribution < 1.29 is 9.90 Å². The first kappa shape index (κ1) is 16.0. The number of hydrogen-bond donors (Lipinski definition) is 2. The molecular weight excluding hydrogens is 260 g/mol. The van der Waals surface area contributed by atoms with Gasteiger partial charge in [0, 0.05) is 24.7 Å². The van der Waals surface area contributed by atoms with Crippen LogP contribution in [0.2, 0.25) is 0 Å².